The molecular formula is C15H11BrO2S2. The van der Waals surface area contributed by atoms with Gasteiger partial charge in [-0.1, -0.05) is 30.3 Å². The van der Waals surface area contributed by atoms with Crippen LogP contribution in [0.4, 0.5) is 0 Å². The lowest BCUT2D eigenvalue weighted by atomic mass is 10.1. The molecule has 0 spiro atoms. The van der Waals surface area contributed by atoms with Crippen molar-refractivity contribution in [3.05, 3.63) is 45.1 Å². The highest BCUT2D eigenvalue weighted by Gasteiger charge is 2.22. The van der Waals surface area contributed by atoms with Crippen molar-refractivity contribution in [3.8, 4) is 11.1 Å². The molecule has 20 heavy (non-hydrogen) atoms. The van der Waals surface area contributed by atoms with E-state index in [1.807, 2.05) is 37.3 Å². The topological polar surface area (TPSA) is 26.3 Å². The monoisotopic (exact) mass is 366 g/mol. The summed E-state index contributed by atoms with van der Waals surface area (Å²) in [5, 5.41) is 2.06. The zero-order chi connectivity index (χ0) is 14.1. The predicted molar refractivity (Wildman–Crippen MR) is 88.8 cm³/mol. The van der Waals surface area contributed by atoms with Crippen LogP contribution >= 0.6 is 38.6 Å². The van der Waals surface area contributed by atoms with E-state index < -0.39 is 0 Å². The molecule has 0 atom stereocenters. The molecule has 0 aliphatic rings. The Balaban J connectivity index is 2.26. The maximum atomic E-state index is 12.2. The van der Waals surface area contributed by atoms with E-state index in [0.717, 1.165) is 25.0 Å². The molecule has 0 bridgehead atoms. The third-order valence-electron chi connectivity index (χ3n) is 2.88. The zero-order valence-corrected chi connectivity index (χ0v) is 13.9. The molecule has 0 aliphatic heterocycles. The molecule has 102 valence electrons. The van der Waals surface area contributed by atoms with Gasteiger partial charge in [-0.3, -0.25) is 0 Å². The summed E-state index contributed by atoms with van der Waals surface area (Å²) in [6.07, 6.45) is 0. The molecule has 2 heterocycles. The molecule has 0 amide bonds. The fourth-order valence-electron chi connectivity index (χ4n) is 2.06. The van der Waals surface area contributed by atoms with Crippen LogP contribution in [0.15, 0.2) is 40.2 Å². The van der Waals surface area contributed by atoms with E-state index in [2.05, 4.69) is 21.3 Å². The lowest BCUT2D eigenvalue weighted by Crippen LogP contribution is -2.03. The van der Waals surface area contributed by atoms with E-state index in [4.69, 9.17) is 4.74 Å². The summed E-state index contributed by atoms with van der Waals surface area (Å²) in [5.74, 6) is -0.244. The maximum absolute atomic E-state index is 12.2. The first-order chi connectivity index (χ1) is 9.72. The van der Waals surface area contributed by atoms with Crippen LogP contribution in [-0.4, -0.2) is 12.6 Å². The number of thiophene rings is 2. The van der Waals surface area contributed by atoms with Crippen molar-refractivity contribution in [1.82, 2.24) is 0 Å². The summed E-state index contributed by atoms with van der Waals surface area (Å²) >= 11 is 6.68. The second-order valence-electron chi connectivity index (χ2n) is 4.13. The third kappa shape index (κ3) is 2.30. The third-order valence-corrected chi connectivity index (χ3v) is 6.41. The van der Waals surface area contributed by atoms with E-state index in [-0.39, 0.29) is 5.97 Å². The molecule has 0 unspecified atom stereocenters. The minimum Gasteiger partial charge on any atom is -0.462 e. The van der Waals surface area contributed by atoms with Gasteiger partial charge in [0.1, 0.15) is 4.88 Å². The van der Waals surface area contributed by atoms with Crippen molar-refractivity contribution in [1.29, 1.82) is 0 Å². The number of carbonyl (C=O) groups is 1. The molecule has 0 radical (unpaired) electrons. The first-order valence-electron chi connectivity index (χ1n) is 6.14. The van der Waals surface area contributed by atoms with Gasteiger partial charge >= 0.3 is 5.97 Å². The van der Waals surface area contributed by atoms with Gasteiger partial charge in [-0.15, -0.1) is 22.7 Å². The van der Waals surface area contributed by atoms with Gasteiger partial charge in [0, 0.05) is 15.4 Å². The highest BCUT2D eigenvalue weighted by Crippen LogP contribution is 2.45. The molecule has 3 rings (SSSR count). The average Bonchev–Trinajstić information content (AvgIpc) is 3.00. The van der Waals surface area contributed by atoms with E-state index in [1.54, 1.807) is 11.3 Å². The number of hydrogen-bond acceptors (Lipinski definition) is 4. The van der Waals surface area contributed by atoms with Gasteiger partial charge in [0.15, 0.2) is 0 Å². The fourth-order valence-corrected chi connectivity index (χ4v) is 5.23. The van der Waals surface area contributed by atoms with Crippen molar-refractivity contribution in [2.24, 2.45) is 0 Å². The Morgan fingerprint density at radius 1 is 1.25 bits per heavy atom. The second kappa shape index (κ2) is 5.68. The summed E-state index contributed by atoms with van der Waals surface area (Å²) in [4.78, 5) is 12.9. The predicted octanol–water partition coefficient (Wildman–Crippen LogP) is 5.57. The molecule has 1 aromatic carbocycles. The standard InChI is InChI=1S/C15H11BrO2S2/c1-2-18-15(17)14-11(9-6-4-3-5-7-9)13-12(20-14)10(16)8-19-13/h3-8H,2H2,1H3. The normalized spacial score (nSPS) is 10.9. The molecule has 0 N–H and O–H groups in total. The van der Waals surface area contributed by atoms with Gasteiger partial charge in [-0.25, -0.2) is 4.79 Å². The zero-order valence-electron chi connectivity index (χ0n) is 10.7. The first kappa shape index (κ1) is 13.8. The van der Waals surface area contributed by atoms with Crippen LogP contribution in [0.1, 0.15) is 16.6 Å². The van der Waals surface area contributed by atoms with Crippen molar-refractivity contribution < 1.29 is 9.53 Å². The number of halogens is 1. The van der Waals surface area contributed by atoms with E-state index >= 15 is 0 Å². The van der Waals surface area contributed by atoms with Crippen LogP contribution in [0.3, 0.4) is 0 Å². The van der Waals surface area contributed by atoms with E-state index in [9.17, 15) is 4.79 Å². The van der Waals surface area contributed by atoms with Crippen molar-refractivity contribution >= 4 is 54.0 Å². The Morgan fingerprint density at radius 3 is 2.70 bits per heavy atom. The summed E-state index contributed by atoms with van der Waals surface area (Å²) in [6.45, 7) is 2.21. The van der Waals surface area contributed by atoms with Crippen LogP contribution in [0, 0.1) is 0 Å². The first-order valence-corrected chi connectivity index (χ1v) is 8.63. The molecule has 0 saturated heterocycles. The summed E-state index contributed by atoms with van der Waals surface area (Å²) in [6, 6.07) is 9.99. The van der Waals surface area contributed by atoms with Gasteiger partial charge < -0.3 is 4.74 Å². The number of ether oxygens (including phenoxy) is 1. The fraction of sp³-hybridized carbons (Fsp3) is 0.133. The molecule has 5 heteroatoms. The number of hydrogen-bond donors (Lipinski definition) is 0. The van der Waals surface area contributed by atoms with E-state index in [1.165, 1.54) is 11.3 Å². The second-order valence-corrected chi connectivity index (χ2v) is 6.89. The quantitative estimate of drug-likeness (QED) is 0.566. The Labute approximate surface area is 133 Å². The lowest BCUT2D eigenvalue weighted by molar-refractivity contribution is 0.0533. The van der Waals surface area contributed by atoms with Gasteiger partial charge in [0.2, 0.25) is 0 Å². The molecule has 2 nitrogen and oxygen atoms in total. The molecule has 0 saturated carbocycles. The van der Waals surface area contributed by atoms with E-state index in [0.29, 0.717) is 11.5 Å². The highest BCUT2D eigenvalue weighted by atomic mass is 79.9. The summed E-state index contributed by atoms with van der Waals surface area (Å²) in [7, 11) is 0. The maximum Gasteiger partial charge on any atom is 0.349 e. The van der Waals surface area contributed by atoms with Crippen LogP contribution in [-0.2, 0) is 4.74 Å². The van der Waals surface area contributed by atoms with Crippen LogP contribution < -0.4 is 0 Å². The summed E-state index contributed by atoms with van der Waals surface area (Å²) in [5.41, 5.74) is 2.04. The molecule has 2 aromatic heterocycles. The Kier molecular flexibility index (Phi) is 3.92. The van der Waals surface area contributed by atoms with Crippen molar-refractivity contribution in [2.75, 3.05) is 6.61 Å². The summed E-state index contributed by atoms with van der Waals surface area (Å²) < 4.78 is 8.47. The van der Waals surface area contributed by atoms with Gasteiger partial charge in [-0.05, 0) is 28.4 Å². The minimum atomic E-state index is -0.244. The number of carbonyl (C=O) groups excluding carboxylic acids is 1. The van der Waals surface area contributed by atoms with Crippen LogP contribution in [0.5, 0.6) is 0 Å². The lowest BCUT2D eigenvalue weighted by Gasteiger charge is -2.04. The Bertz CT molecular complexity index is 759. The SMILES string of the molecule is CCOC(=O)c1sc2c(Br)csc2c1-c1ccccc1. The van der Waals surface area contributed by atoms with Gasteiger partial charge in [0.05, 0.1) is 16.0 Å². The average molecular weight is 367 g/mol. The van der Waals surface area contributed by atoms with Crippen molar-refractivity contribution in [3.63, 3.8) is 0 Å². The van der Waals surface area contributed by atoms with Gasteiger partial charge in [0.25, 0.3) is 0 Å². The Hall–Kier alpha value is -1.17. The number of rotatable bonds is 3. The van der Waals surface area contributed by atoms with Crippen LogP contribution in [0.25, 0.3) is 20.5 Å². The highest BCUT2D eigenvalue weighted by molar-refractivity contribution is 9.10. The Morgan fingerprint density at radius 2 is 2.00 bits per heavy atom. The van der Waals surface area contributed by atoms with Crippen molar-refractivity contribution in [2.45, 2.75) is 6.92 Å². The minimum absolute atomic E-state index is 0.244. The van der Waals surface area contributed by atoms with Crippen LogP contribution in [0.2, 0.25) is 0 Å². The largest absolute Gasteiger partial charge is 0.462 e. The number of esters is 1. The molecule has 0 fully saturated rings. The number of fused-ring (bicyclic) bond motifs is 1. The molecule has 0 aliphatic carbocycles. The molecular weight excluding hydrogens is 356 g/mol. The smallest absolute Gasteiger partial charge is 0.349 e. The number of benzene rings is 1. The van der Waals surface area contributed by atoms with Gasteiger partial charge in [-0.2, -0.15) is 0 Å². The molecule has 3 aromatic rings.